The van der Waals surface area contributed by atoms with Crippen LogP contribution in [0.5, 0.6) is 0 Å². The van der Waals surface area contributed by atoms with Crippen molar-refractivity contribution in [2.75, 3.05) is 18.0 Å². The normalized spacial score (nSPS) is 18.9. The summed E-state index contributed by atoms with van der Waals surface area (Å²) in [7, 11) is 0. The number of hydrogen-bond donors (Lipinski definition) is 1. The molecule has 2 heterocycles. The Bertz CT molecular complexity index is 621. The van der Waals surface area contributed by atoms with Crippen LogP contribution in [0, 0.1) is 5.92 Å². The van der Waals surface area contributed by atoms with E-state index in [1.54, 1.807) is 0 Å². The number of hydrogen-bond acceptors (Lipinski definition) is 3. The topological polar surface area (TPSA) is 28.2 Å². The molecular formula is C18H25N3. The molecule has 112 valence electrons. The lowest BCUT2D eigenvalue weighted by Crippen LogP contribution is -2.26. The maximum Gasteiger partial charge on any atom is 0.133 e. The zero-order chi connectivity index (χ0) is 14.8. The van der Waals surface area contributed by atoms with Crippen molar-refractivity contribution < 1.29 is 0 Å². The Morgan fingerprint density at radius 2 is 2.14 bits per heavy atom. The van der Waals surface area contributed by atoms with Crippen molar-refractivity contribution in [3.63, 3.8) is 0 Å². The minimum absolute atomic E-state index is 0.488. The minimum atomic E-state index is 0.488. The average molecular weight is 283 g/mol. The van der Waals surface area contributed by atoms with E-state index in [-0.39, 0.29) is 0 Å². The number of aromatic nitrogens is 1. The van der Waals surface area contributed by atoms with Gasteiger partial charge in [-0.05, 0) is 24.5 Å². The molecule has 1 aliphatic rings. The van der Waals surface area contributed by atoms with E-state index in [2.05, 4.69) is 61.3 Å². The number of pyridine rings is 1. The quantitative estimate of drug-likeness (QED) is 0.929. The molecule has 1 fully saturated rings. The molecule has 2 aromatic rings. The molecule has 3 nitrogen and oxygen atoms in total. The number of benzene rings is 1. The molecule has 21 heavy (non-hydrogen) atoms. The molecule has 0 bridgehead atoms. The summed E-state index contributed by atoms with van der Waals surface area (Å²) in [5.41, 5.74) is 2.41. The van der Waals surface area contributed by atoms with E-state index in [4.69, 9.17) is 4.98 Å². The second-order valence-electron chi connectivity index (χ2n) is 6.54. The number of fused-ring (bicyclic) bond motifs is 1. The summed E-state index contributed by atoms with van der Waals surface area (Å²) in [5, 5.41) is 4.77. The van der Waals surface area contributed by atoms with E-state index < -0.39 is 0 Å². The second-order valence-corrected chi connectivity index (χ2v) is 6.54. The van der Waals surface area contributed by atoms with Crippen LogP contribution in [0.25, 0.3) is 10.9 Å². The van der Waals surface area contributed by atoms with Crippen LogP contribution in [0.1, 0.15) is 32.8 Å². The predicted molar refractivity (Wildman–Crippen MR) is 89.7 cm³/mol. The van der Waals surface area contributed by atoms with E-state index in [1.165, 1.54) is 23.2 Å². The Kier molecular flexibility index (Phi) is 4.11. The van der Waals surface area contributed by atoms with E-state index in [9.17, 15) is 0 Å². The third kappa shape index (κ3) is 3.18. The average Bonchev–Trinajstić information content (AvgIpc) is 2.90. The van der Waals surface area contributed by atoms with Gasteiger partial charge in [0.25, 0.3) is 0 Å². The lowest BCUT2D eigenvalue weighted by atomic mass is 10.1. The first-order valence-electron chi connectivity index (χ1n) is 8.00. The van der Waals surface area contributed by atoms with Gasteiger partial charge in [0.15, 0.2) is 0 Å². The molecule has 1 aromatic carbocycles. The van der Waals surface area contributed by atoms with Crippen LogP contribution in [-0.2, 0) is 6.54 Å². The predicted octanol–water partition coefficient (Wildman–Crippen LogP) is 3.58. The van der Waals surface area contributed by atoms with Crippen LogP contribution in [0.15, 0.2) is 30.3 Å². The molecule has 1 saturated heterocycles. The summed E-state index contributed by atoms with van der Waals surface area (Å²) >= 11 is 0. The highest BCUT2D eigenvalue weighted by Gasteiger charge is 2.22. The molecule has 0 amide bonds. The van der Waals surface area contributed by atoms with Gasteiger partial charge in [-0.2, -0.15) is 0 Å². The number of nitrogens with one attached hydrogen (secondary N) is 1. The first kappa shape index (κ1) is 14.3. The Morgan fingerprint density at radius 3 is 2.86 bits per heavy atom. The van der Waals surface area contributed by atoms with Crippen molar-refractivity contribution in [3.8, 4) is 0 Å². The Morgan fingerprint density at radius 1 is 1.33 bits per heavy atom. The van der Waals surface area contributed by atoms with Crippen LogP contribution < -0.4 is 10.2 Å². The van der Waals surface area contributed by atoms with E-state index in [1.807, 2.05) is 0 Å². The molecule has 1 atom stereocenters. The number of para-hydroxylation sites is 1. The van der Waals surface area contributed by atoms with Crippen molar-refractivity contribution in [3.05, 3.63) is 35.9 Å². The molecule has 1 aromatic heterocycles. The lowest BCUT2D eigenvalue weighted by molar-refractivity contribution is 0.587. The fraction of sp³-hybridized carbons (Fsp3) is 0.500. The second kappa shape index (κ2) is 6.02. The Balaban J connectivity index is 1.99. The number of rotatable bonds is 4. The first-order valence-corrected chi connectivity index (χ1v) is 8.00. The number of anilines is 1. The van der Waals surface area contributed by atoms with Crippen LogP contribution >= 0.6 is 0 Å². The fourth-order valence-corrected chi connectivity index (χ4v) is 2.99. The van der Waals surface area contributed by atoms with Gasteiger partial charge < -0.3 is 10.2 Å². The highest BCUT2D eigenvalue weighted by molar-refractivity contribution is 5.81. The minimum Gasteiger partial charge on any atom is -0.356 e. The highest BCUT2D eigenvalue weighted by atomic mass is 15.2. The highest BCUT2D eigenvalue weighted by Crippen LogP contribution is 2.28. The molecule has 3 rings (SSSR count). The molecule has 0 spiro atoms. The standard InChI is InChI=1S/C18H25N3/c1-13(2)19-11-16-10-15-6-4-5-7-17(15)20-18(16)21-9-8-14(3)12-21/h4-7,10,13-14,19H,8-9,11-12H2,1-3H3. The van der Waals surface area contributed by atoms with Crippen molar-refractivity contribution >= 4 is 16.7 Å². The van der Waals surface area contributed by atoms with Gasteiger partial charge in [0.05, 0.1) is 5.52 Å². The van der Waals surface area contributed by atoms with Gasteiger partial charge in [0.1, 0.15) is 5.82 Å². The zero-order valence-corrected chi connectivity index (χ0v) is 13.3. The SMILES string of the molecule is CC1CCN(c2nc3ccccc3cc2CNC(C)C)C1. The summed E-state index contributed by atoms with van der Waals surface area (Å²) in [6.07, 6.45) is 1.27. The monoisotopic (exact) mass is 283 g/mol. The third-order valence-electron chi connectivity index (χ3n) is 4.20. The van der Waals surface area contributed by atoms with Crippen LogP contribution in [0.3, 0.4) is 0 Å². The summed E-state index contributed by atoms with van der Waals surface area (Å²) in [5.74, 6) is 1.94. The van der Waals surface area contributed by atoms with Gasteiger partial charge in [0.2, 0.25) is 0 Å². The maximum atomic E-state index is 4.96. The largest absolute Gasteiger partial charge is 0.356 e. The smallest absolute Gasteiger partial charge is 0.133 e. The van der Waals surface area contributed by atoms with Crippen LogP contribution in [0.2, 0.25) is 0 Å². The van der Waals surface area contributed by atoms with Crippen molar-refractivity contribution in [1.82, 2.24) is 10.3 Å². The molecule has 1 aliphatic heterocycles. The molecule has 0 saturated carbocycles. The summed E-state index contributed by atoms with van der Waals surface area (Å²) in [4.78, 5) is 7.41. The summed E-state index contributed by atoms with van der Waals surface area (Å²) in [6.45, 7) is 9.84. The van der Waals surface area contributed by atoms with Gasteiger partial charge in [-0.1, -0.05) is 39.0 Å². The van der Waals surface area contributed by atoms with Gasteiger partial charge >= 0.3 is 0 Å². The summed E-state index contributed by atoms with van der Waals surface area (Å²) < 4.78 is 0. The molecular weight excluding hydrogens is 258 g/mol. The third-order valence-corrected chi connectivity index (χ3v) is 4.20. The van der Waals surface area contributed by atoms with Gasteiger partial charge in [-0.3, -0.25) is 0 Å². The molecule has 1 unspecified atom stereocenters. The van der Waals surface area contributed by atoms with Crippen molar-refractivity contribution in [1.29, 1.82) is 0 Å². The van der Waals surface area contributed by atoms with Crippen molar-refractivity contribution in [2.45, 2.75) is 39.8 Å². The summed E-state index contributed by atoms with van der Waals surface area (Å²) in [6, 6.07) is 11.2. The van der Waals surface area contributed by atoms with Crippen LogP contribution in [0.4, 0.5) is 5.82 Å². The molecule has 1 N–H and O–H groups in total. The molecule has 0 radical (unpaired) electrons. The molecule has 0 aliphatic carbocycles. The van der Waals surface area contributed by atoms with E-state index in [0.29, 0.717) is 6.04 Å². The van der Waals surface area contributed by atoms with E-state index in [0.717, 1.165) is 31.1 Å². The van der Waals surface area contributed by atoms with Crippen LogP contribution in [-0.4, -0.2) is 24.1 Å². The van der Waals surface area contributed by atoms with Gasteiger partial charge in [-0.15, -0.1) is 0 Å². The van der Waals surface area contributed by atoms with E-state index >= 15 is 0 Å². The Hall–Kier alpha value is -1.61. The lowest BCUT2D eigenvalue weighted by Gasteiger charge is -2.22. The molecule has 3 heteroatoms. The first-order chi connectivity index (χ1) is 10.1. The Labute approximate surface area is 127 Å². The van der Waals surface area contributed by atoms with Crippen molar-refractivity contribution in [2.24, 2.45) is 5.92 Å². The fourth-order valence-electron chi connectivity index (χ4n) is 2.99. The van der Waals surface area contributed by atoms with Gasteiger partial charge in [-0.25, -0.2) is 4.98 Å². The van der Waals surface area contributed by atoms with Gasteiger partial charge in [0, 0.05) is 36.6 Å². The number of nitrogens with zero attached hydrogens (tertiary/aromatic N) is 2. The zero-order valence-electron chi connectivity index (χ0n) is 13.3. The maximum absolute atomic E-state index is 4.96.